The molecule has 0 spiro atoms. The van der Waals surface area contributed by atoms with E-state index < -0.39 is 9.84 Å². The highest BCUT2D eigenvalue weighted by atomic mass is 35.5. The molecule has 0 saturated heterocycles. The van der Waals surface area contributed by atoms with Crippen LogP contribution in [0.25, 0.3) is 5.69 Å². The van der Waals surface area contributed by atoms with E-state index in [2.05, 4.69) is 10.3 Å². The van der Waals surface area contributed by atoms with E-state index in [-0.39, 0.29) is 15.7 Å². The molecule has 1 heterocycles. The highest BCUT2D eigenvalue weighted by Crippen LogP contribution is 2.26. The van der Waals surface area contributed by atoms with Crippen molar-refractivity contribution in [2.45, 2.75) is 9.92 Å². The number of benzene rings is 2. The Labute approximate surface area is 132 Å². The molecule has 3 aromatic rings. The van der Waals surface area contributed by atoms with E-state index in [0.717, 1.165) is 0 Å². The Kier molecular flexibility index (Phi) is 3.59. The summed E-state index contributed by atoms with van der Waals surface area (Å²) < 4.78 is 26.4. The molecule has 0 fully saturated rings. The van der Waals surface area contributed by atoms with Crippen LogP contribution in [-0.4, -0.2) is 23.4 Å². The van der Waals surface area contributed by atoms with Crippen LogP contribution >= 0.6 is 11.6 Å². The number of aromatic nitrogens is 3. The van der Waals surface area contributed by atoms with Gasteiger partial charge in [0.05, 0.1) is 10.6 Å². The fourth-order valence-electron chi connectivity index (χ4n) is 1.95. The minimum absolute atomic E-state index is 0.0406. The van der Waals surface area contributed by atoms with Crippen molar-refractivity contribution < 1.29 is 8.42 Å². The lowest BCUT2D eigenvalue weighted by molar-refractivity contribution is 0.592. The van der Waals surface area contributed by atoms with Gasteiger partial charge < -0.3 is 5.73 Å². The molecule has 0 radical (unpaired) electrons. The lowest BCUT2D eigenvalue weighted by Gasteiger charge is -2.04. The molecule has 0 amide bonds. The molecule has 0 atom stereocenters. The lowest BCUT2D eigenvalue weighted by atomic mass is 10.3. The predicted molar refractivity (Wildman–Crippen MR) is 82.7 cm³/mol. The van der Waals surface area contributed by atoms with Gasteiger partial charge in [-0.2, -0.15) is 4.68 Å². The molecule has 2 N–H and O–H groups in total. The third-order valence-corrected chi connectivity index (χ3v) is 5.00. The van der Waals surface area contributed by atoms with Gasteiger partial charge in [0.2, 0.25) is 14.9 Å². The van der Waals surface area contributed by atoms with Crippen molar-refractivity contribution in [1.82, 2.24) is 15.0 Å². The molecule has 0 saturated carbocycles. The molecule has 0 unspecified atom stereocenters. The SMILES string of the molecule is Nc1c(S(=O)(=O)c2ccc(Cl)cc2)nnn1-c1ccccc1. The van der Waals surface area contributed by atoms with Gasteiger partial charge in [0.1, 0.15) is 0 Å². The number of rotatable bonds is 3. The van der Waals surface area contributed by atoms with Gasteiger partial charge >= 0.3 is 0 Å². The largest absolute Gasteiger partial charge is 0.381 e. The van der Waals surface area contributed by atoms with E-state index in [1.54, 1.807) is 24.3 Å². The Bertz CT molecular complexity index is 906. The molecular weight excluding hydrogens is 324 g/mol. The average Bonchev–Trinajstić information content (AvgIpc) is 2.91. The predicted octanol–water partition coefficient (Wildman–Crippen LogP) is 2.34. The monoisotopic (exact) mass is 334 g/mol. The number of para-hydroxylation sites is 1. The minimum Gasteiger partial charge on any atom is -0.381 e. The Morgan fingerprint density at radius 3 is 2.27 bits per heavy atom. The number of nitrogens with zero attached hydrogens (tertiary/aromatic N) is 3. The maximum absolute atomic E-state index is 12.6. The van der Waals surface area contributed by atoms with Crippen LogP contribution in [-0.2, 0) is 9.84 Å². The molecular formula is C14H11ClN4O2S. The van der Waals surface area contributed by atoms with E-state index in [4.69, 9.17) is 17.3 Å². The van der Waals surface area contributed by atoms with Crippen molar-refractivity contribution in [3.63, 3.8) is 0 Å². The molecule has 3 rings (SSSR count). The zero-order valence-corrected chi connectivity index (χ0v) is 12.8. The molecule has 0 aliphatic carbocycles. The number of hydrogen-bond donors (Lipinski definition) is 1. The Morgan fingerprint density at radius 1 is 1.00 bits per heavy atom. The summed E-state index contributed by atoms with van der Waals surface area (Å²) in [6, 6.07) is 14.7. The van der Waals surface area contributed by atoms with E-state index >= 15 is 0 Å². The van der Waals surface area contributed by atoms with Gasteiger partial charge in [-0.05, 0) is 36.4 Å². The number of hydrogen-bond acceptors (Lipinski definition) is 5. The normalized spacial score (nSPS) is 11.5. The van der Waals surface area contributed by atoms with E-state index in [9.17, 15) is 8.42 Å². The smallest absolute Gasteiger partial charge is 0.229 e. The molecule has 6 nitrogen and oxygen atoms in total. The van der Waals surface area contributed by atoms with Crippen molar-refractivity contribution in [1.29, 1.82) is 0 Å². The van der Waals surface area contributed by atoms with Crippen molar-refractivity contribution in [2.24, 2.45) is 0 Å². The zero-order valence-electron chi connectivity index (χ0n) is 11.2. The van der Waals surface area contributed by atoms with Gasteiger partial charge in [-0.3, -0.25) is 0 Å². The number of halogens is 1. The zero-order chi connectivity index (χ0) is 15.7. The summed E-state index contributed by atoms with van der Waals surface area (Å²) in [5.41, 5.74) is 6.55. The summed E-state index contributed by atoms with van der Waals surface area (Å²) in [6.07, 6.45) is 0. The Balaban J connectivity index is 2.10. The van der Waals surface area contributed by atoms with Crippen LogP contribution in [0.5, 0.6) is 0 Å². The third-order valence-electron chi connectivity index (χ3n) is 3.05. The first kappa shape index (κ1) is 14.6. The number of nitrogens with two attached hydrogens (primary N) is 1. The first-order valence-electron chi connectivity index (χ1n) is 6.27. The van der Waals surface area contributed by atoms with Crippen molar-refractivity contribution in [2.75, 3.05) is 5.73 Å². The summed E-state index contributed by atoms with van der Waals surface area (Å²) in [7, 11) is -3.85. The summed E-state index contributed by atoms with van der Waals surface area (Å²) in [4.78, 5) is 0.0590. The highest BCUT2D eigenvalue weighted by molar-refractivity contribution is 7.91. The molecule has 22 heavy (non-hydrogen) atoms. The standard InChI is InChI=1S/C14H11ClN4O2S/c15-10-6-8-12(9-7-10)22(20,21)14-13(16)19(18-17-14)11-4-2-1-3-5-11/h1-9H,16H2. The summed E-state index contributed by atoms with van der Waals surface area (Å²) in [5, 5.41) is 7.73. The Morgan fingerprint density at radius 2 is 1.64 bits per heavy atom. The molecule has 0 bridgehead atoms. The maximum atomic E-state index is 12.6. The lowest BCUT2D eigenvalue weighted by Crippen LogP contribution is -2.07. The van der Waals surface area contributed by atoms with Crippen molar-refractivity contribution in [3.05, 3.63) is 59.6 Å². The topological polar surface area (TPSA) is 90.9 Å². The summed E-state index contributed by atoms with van der Waals surface area (Å²) >= 11 is 5.77. The molecule has 0 aliphatic heterocycles. The summed E-state index contributed by atoms with van der Waals surface area (Å²) in [6.45, 7) is 0. The highest BCUT2D eigenvalue weighted by Gasteiger charge is 2.26. The van der Waals surface area contributed by atoms with Gasteiger partial charge in [0.15, 0.2) is 5.82 Å². The third kappa shape index (κ3) is 2.44. The Hall–Kier alpha value is -2.38. The molecule has 0 aliphatic rings. The number of sulfone groups is 1. The quantitative estimate of drug-likeness (QED) is 0.793. The molecule has 2 aromatic carbocycles. The first-order valence-corrected chi connectivity index (χ1v) is 8.13. The average molecular weight is 335 g/mol. The van der Waals surface area contributed by atoms with E-state index in [0.29, 0.717) is 10.7 Å². The van der Waals surface area contributed by atoms with Crippen LogP contribution in [0.1, 0.15) is 0 Å². The molecule has 8 heteroatoms. The van der Waals surface area contributed by atoms with Crippen LogP contribution in [0.15, 0.2) is 64.5 Å². The number of nitrogen functional groups attached to an aromatic ring is 1. The minimum atomic E-state index is -3.85. The van der Waals surface area contributed by atoms with Crippen LogP contribution < -0.4 is 5.73 Å². The van der Waals surface area contributed by atoms with E-state index in [1.165, 1.54) is 28.9 Å². The van der Waals surface area contributed by atoms with Gasteiger partial charge in [0.25, 0.3) is 0 Å². The first-order chi connectivity index (χ1) is 10.5. The van der Waals surface area contributed by atoms with Crippen LogP contribution in [0.4, 0.5) is 5.82 Å². The maximum Gasteiger partial charge on any atom is 0.229 e. The van der Waals surface area contributed by atoms with Crippen molar-refractivity contribution >= 4 is 27.3 Å². The second-order valence-electron chi connectivity index (χ2n) is 4.48. The molecule has 112 valence electrons. The fourth-order valence-corrected chi connectivity index (χ4v) is 3.30. The van der Waals surface area contributed by atoms with Gasteiger partial charge in [-0.25, -0.2) is 8.42 Å². The summed E-state index contributed by atoms with van der Waals surface area (Å²) in [5.74, 6) is -0.0406. The van der Waals surface area contributed by atoms with E-state index in [1.807, 2.05) is 6.07 Å². The second kappa shape index (κ2) is 5.43. The van der Waals surface area contributed by atoms with Gasteiger partial charge in [-0.1, -0.05) is 35.0 Å². The molecule has 1 aromatic heterocycles. The second-order valence-corrected chi connectivity index (χ2v) is 6.79. The van der Waals surface area contributed by atoms with Crippen LogP contribution in [0.3, 0.4) is 0 Å². The van der Waals surface area contributed by atoms with Crippen LogP contribution in [0.2, 0.25) is 5.02 Å². The van der Waals surface area contributed by atoms with Crippen molar-refractivity contribution in [3.8, 4) is 5.69 Å². The fraction of sp³-hybridized carbons (Fsp3) is 0. The van der Waals surface area contributed by atoms with Gasteiger partial charge in [0, 0.05) is 5.02 Å². The van der Waals surface area contributed by atoms with Crippen LogP contribution in [0, 0.1) is 0 Å². The van der Waals surface area contributed by atoms with Gasteiger partial charge in [-0.15, -0.1) is 5.10 Å². The number of anilines is 1.